The van der Waals surface area contributed by atoms with Crippen molar-refractivity contribution in [3.8, 4) is 0 Å². The maximum absolute atomic E-state index is 12.0. The molecule has 1 amide bonds. The van der Waals surface area contributed by atoms with Crippen molar-refractivity contribution < 1.29 is 32.6 Å². The van der Waals surface area contributed by atoms with E-state index in [1.807, 2.05) is 18.2 Å². The molecule has 2 N–H and O–H groups in total. The van der Waals surface area contributed by atoms with Crippen LogP contribution >= 0.6 is 11.6 Å². The lowest BCUT2D eigenvalue weighted by molar-refractivity contribution is -0.192. The first-order valence-corrected chi connectivity index (χ1v) is 9.49. The number of hydrogen-bond acceptors (Lipinski definition) is 4. The minimum absolute atomic E-state index is 0.00539. The lowest BCUT2D eigenvalue weighted by atomic mass is 9.71. The number of nitrogens with one attached hydrogen (secondary N) is 1. The third-order valence-electron chi connectivity index (χ3n) is 5.39. The van der Waals surface area contributed by atoms with Crippen LogP contribution in [0.25, 0.3) is 0 Å². The summed E-state index contributed by atoms with van der Waals surface area (Å²) >= 11 is 6.05. The molecule has 2 aliphatic rings. The lowest BCUT2D eigenvalue weighted by Crippen LogP contribution is -2.45. The third kappa shape index (κ3) is 6.32. The minimum Gasteiger partial charge on any atom is -0.475 e. The van der Waals surface area contributed by atoms with Gasteiger partial charge in [-0.3, -0.25) is 9.69 Å². The van der Waals surface area contributed by atoms with Gasteiger partial charge in [0.1, 0.15) is 0 Å². The van der Waals surface area contributed by atoms with Gasteiger partial charge in [0.2, 0.25) is 5.91 Å². The van der Waals surface area contributed by atoms with Gasteiger partial charge < -0.3 is 15.2 Å². The number of halogens is 4. The van der Waals surface area contributed by atoms with E-state index in [-0.39, 0.29) is 17.2 Å². The van der Waals surface area contributed by atoms with E-state index < -0.39 is 12.1 Å². The van der Waals surface area contributed by atoms with Crippen molar-refractivity contribution in [2.75, 3.05) is 33.4 Å². The summed E-state index contributed by atoms with van der Waals surface area (Å²) in [5.74, 6) is -2.59. The molecule has 2 heterocycles. The summed E-state index contributed by atoms with van der Waals surface area (Å²) in [4.78, 5) is 23.4. The normalized spacial score (nSPS) is 21.4. The van der Waals surface area contributed by atoms with Crippen molar-refractivity contribution in [2.24, 2.45) is 11.3 Å². The Bertz CT molecular complexity index is 722. The lowest BCUT2D eigenvalue weighted by Gasteiger charge is -2.41. The summed E-state index contributed by atoms with van der Waals surface area (Å²) < 4.78 is 37.0. The Morgan fingerprint density at radius 1 is 1.38 bits per heavy atom. The highest BCUT2D eigenvalue weighted by molar-refractivity contribution is 6.30. The average Bonchev–Trinajstić information content (AvgIpc) is 2.94. The van der Waals surface area contributed by atoms with E-state index >= 15 is 0 Å². The highest BCUT2D eigenvalue weighted by Crippen LogP contribution is 2.42. The van der Waals surface area contributed by atoms with Crippen molar-refractivity contribution in [1.82, 2.24) is 10.2 Å². The van der Waals surface area contributed by atoms with E-state index in [9.17, 15) is 18.0 Å². The van der Waals surface area contributed by atoms with Crippen LogP contribution in [0.1, 0.15) is 18.4 Å². The predicted molar refractivity (Wildman–Crippen MR) is 100 cm³/mol. The fourth-order valence-electron chi connectivity index (χ4n) is 3.78. The summed E-state index contributed by atoms with van der Waals surface area (Å²) in [6, 6.07) is 8.05. The van der Waals surface area contributed by atoms with Gasteiger partial charge in [-0.2, -0.15) is 13.2 Å². The van der Waals surface area contributed by atoms with Crippen LogP contribution in [0.5, 0.6) is 0 Å². The second-order valence-electron chi connectivity index (χ2n) is 7.30. The Morgan fingerprint density at radius 2 is 2.00 bits per heavy atom. The second kappa shape index (κ2) is 9.77. The van der Waals surface area contributed by atoms with Gasteiger partial charge in [-0.15, -0.1) is 0 Å². The number of rotatable bonds is 4. The number of carboxylic acid groups (broad SMARTS) is 1. The molecule has 0 aliphatic carbocycles. The Labute approximate surface area is 172 Å². The third-order valence-corrected chi connectivity index (χ3v) is 5.63. The van der Waals surface area contributed by atoms with Gasteiger partial charge in [0.15, 0.2) is 0 Å². The van der Waals surface area contributed by atoms with Crippen LogP contribution in [0.15, 0.2) is 24.3 Å². The molecule has 6 nitrogen and oxygen atoms in total. The molecule has 0 aromatic heterocycles. The van der Waals surface area contributed by atoms with Gasteiger partial charge >= 0.3 is 12.1 Å². The molecular formula is C19H24ClF3N2O4. The molecule has 0 bridgehead atoms. The second-order valence-corrected chi connectivity index (χ2v) is 7.73. The molecule has 2 fully saturated rings. The molecule has 2 saturated heterocycles. The van der Waals surface area contributed by atoms with E-state index in [0.29, 0.717) is 6.61 Å². The molecular weight excluding hydrogens is 413 g/mol. The van der Waals surface area contributed by atoms with Gasteiger partial charge in [-0.25, -0.2) is 4.79 Å². The number of carbonyl (C=O) groups excluding carboxylic acids is 1. The Morgan fingerprint density at radius 3 is 2.52 bits per heavy atom. The fourth-order valence-corrected chi connectivity index (χ4v) is 3.99. The van der Waals surface area contributed by atoms with Crippen LogP contribution in [0.3, 0.4) is 0 Å². The molecule has 1 aromatic carbocycles. The maximum atomic E-state index is 12.0. The highest BCUT2D eigenvalue weighted by Gasteiger charge is 2.49. The Balaban J connectivity index is 0.000000370. The van der Waals surface area contributed by atoms with Crippen molar-refractivity contribution in [2.45, 2.75) is 25.6 Å². The Kier molecular flexibility index (Phi) is 7.90. The molecule has 1 unspecified atom stereocenters. The smallest absolute Gasteiger partial charge is 0.475 e. The number of methoxy groups -OCH3 is 1. The SMILES string of the molecule is COCC1C(=O)NCC12CCN(Cc1cccc(Cl)c1)CC2.O=C(O)C(F)(F)F. The average molecular weight is 437 g/mol. The molecule has 1 atom stereocenters. The van der Waals surface area contributed by atoms with Crippen LogP contribution < -0.4 is 5.32 Å². The standard InChI is InChI=1S/C17H23ClN2O2.C2HF3O2/c1-22-11-15-16(21)19-12-17(15)5-7-20(8-6-17)10-13-3-2-4-14(18)9-13;3-2(4,5)1(6)7/h2-4,9,15H,5-8,10-12H2,1H3,(H,19,21);(H,6,7). The summed E-state index contributed by atoms with van der Waals surface area (Å²) in [6.07, 6.45) is -3.00. The number of amides is 1. The zero-order valence-electron chi connectivity index (χ0n) is 16.0. The zero-order chi connectivity index (χ0) is 21.7. The van der Waals surface area contributed by atoms with E-state index in [1.165, 1.54) is 5.56 Å². The number of aliphatic carboxylic acids is 1. The quantitative estimate of drug-likeness (QED) is 0.758. The van der Waals surface area contributed by atoms with Crippen molar-refractivity contribution in [3.63, 3.8) is 0 Å². The highest BCUT2D eigenvalue weighted by atomic mass is 35.5. The number of carboxylic acids is 1. The molecule has 1 spiro atoms. The van der Waals surface area contributed by atoms with Crippen molar-refractivity contribution in [3.05, 3.63) is 34.9 Å². The molecule has 1 aromatic rings. The molecule has 10 heteroatoms. The number of alkyl halides is 3. The van der Waals surface area contributed by atoms with Gasteiger partial charge in [0.25, 0.3) is 0 Å². The molecule has 0 saturated carbocycles. The summed E-state index contributed by atoms with van der Waals surface area (Å²) in [5, 5.41) is 10.9. The number of likely N-dealkylation sites (tertiary alicyclic amines) is 1. The first-order chi connectivity index (χ1) is 13.6. The first-order valence-electron chi connectivity index (χ1n) is 9.11. The van der Waals surface area contributed by atoms with Crippen LogP contribution in [0.4, 0.5) is 13.2 Å². The van der Waals surface area contributed by atoms with Crippen LogP contribution in [0, 0.1) is 11.3 Å². The molecule has 0 radical (unpaired) electrons. The van der Waals surface area contributed by atoms with Crippen LogP contribution in [0.2, 0.25) is 5.02 Å². The maximum Gasteiger partial charge on any atom is 0.490 e. The number of piperidine rings is 1. The van der Waals surface area contributed by atoms with E-state index in [1.54, 1.807) is 7.11 Å². The van der Waals surface area contributed by atoms with Crippen LogP contribution in [-0.4, -0.2) is 61.4 Å². The number of hydrogen-bond donors (Lipinski definition) is 2. The van der Waals surface area contributed by atoms with Crippen molar-refractivity contribution in [1.29, 1.82) is 0 Å². The number of benzene rings is 1. The van der Waals surface area contributed by atoms with Crippen molar-refractivity contribution >= 4 is 23.5 Å². The fraction of sp³-hybridized carbons (Fsp3) is 0.579. The molecule has 2 aliphatic heterocycles. The summed E-state index contributed by atoms with van der Waals surface area (Å²) in [5.41, 5.74) is 1.33. The van der Waals surface area contributed by atoms with E-state index in [0.717, 1.165) is 44.0 Å². The number of nitrogens with zero attached hydrogens (tertiary/aromatic N) is 1. The van der Waals surface area contributed by atoms with Gasteiger partial charge in [-0.1, -0.05) is 23.7 Å². The monoisotopic (exact) mass is 436 g/mol. The topological polar surface area (TPSA) is 78.9 Å². The number of ether oxygens (including phenoxy) is 1. The van der Waals surface area contributed by atoms with Gasteiger partial charge in [-0.05, 0) is 43.6 Å². The molecule has 29 heavy (non-hydrogen) atoms. The van der Waals surface area contributed by atoms with E-state index in [2.05, 4.69) is 16.3 Å². The summed E-state index contributed by atoms with van der Waals surface area (Å²) in [6.45, 7) is 4.28. The first kappa shape index (κ1) is 23.4. The zero-order valence-corrected chi connectivity index (χ0v) is 16.7. The molecule has 162 valence electrons. The number of carbonyl (C=O) groups is 2. The molecule has 3 rings (SSSR count). The summed E-state index contributed by atoms with van der Waals surface area (Å²) in [7, 11) is 1.67. The van der Waals surface area contributed by atoms with Gasteiger partial charge in [0, 0.05) is 30.6 Å². The Hall–Kier alpha value is -1.84. The minimum atomic E-state index is -5.08. The van der Waals surface area contributed by atoms with E-state index in [4.69, 9.17) is 26.2 Å². The van der Waals surface area contributed by atoms with Crippen LogP contribution in [-0.2, 0) is 20.9 Å². The largest absolute Gasteiger partial charge is 0.490 e. The predicted octanol–water partition coefficient (Wildman–Crippen LogP) is 2.95. The van der Waals surface area contributed by atoms with Gasteiger partial charge in [0.05, 0.1) is 12.5 Å².